The Balaban J connectivity index is 2.29. The highest BCUT2D eigenvalue weighted by atomic mass is 16.5. The van der Waals surface area contributed by atoms with Crippen molar-refractivity contribution in [3.8, 4) is 5.75 Å². The molecule has 3 N–H and O–H groups in total. The van der Waals surface area contributed by atoms with Crippen LogP contribution in [0.2, 0.25) is 0 Å². The van der Waals surface area contributed by atoms with Gasteiger partial charge in [0.15, 0.2) is 0 Å². The molecule has 116 valence electrons. The number of aliphatic hydroxyl groups is 1. The third-order valence-corrected chi connectivity index (χ3v) is 2.88. The van der Waals surface area contributed by atoms with Crippen molar-refractivity contribution < 1.29 is 24.5 Å². The topological polar surface area (TPSA) is 95.9 Å². The number of hydrogen-bond donors (Lipinski definition) is 3. The number of ether oxygens (including phenoxy) is 1. The fourth-order valence-electron chi connectivity index (χ4n) is 1.74. The fraction of sp³-hybridized carbons (Fsp3) is 0.467. The molecule has 0 bridgehead atoms. The monoisotopic (exact) mass is 295 g/mol. The molecule has 0 aliphatic carbocycles. The molecular weight excluding hydrogens is 274 g/mol. The van der Waals surface area contributed by atoms with Gasteiger partial charge in [-0.15, -0.1) is 0 Å². The van der Waals surface area contributed by atoms with Gasteiger partial charge < -0.3 is 20.3 Å². The minimum Gasteiger partial charge on any atom is -0.493 e. The number of aryl methyl sites for hydroxylation is 1. The van der Waals surface area contributed by atoms with Gasteiger partial charge in [0.2, 0.25) is 5.91 Å². The zero-order valence-corrected chi connectivity index (χ0v) is 12.3. The number of nitrogens with one attached hydrogen (secondary N) is 1. The van der Waals surface area contributed by atoms with Gasteiger partial charge in [0, 0.05) is 6.54 Å². The summed E-state index contributed by atoms with van der Waals surface area (Å²) >= 11 is 0. The van der Waals surface area contributed by atoms with Crippen LogP contribution in [-0.4, -0.2) is 40.8 Å². The lowest BCUT2D eigenvalue weighted by Gasteiger charge is -2.21. The van der Waals surface area contributed by atoms with E-state index in [0.29, 0.717) is 0 Å². The number of carboxylic acid groups (broad SMARTS) is 1. The van der Waals surface area contributed by atoms with Gasteiger partial charge in [-0.3, -0.25) is 9.59 Å². The first-order valence-corrected chi connectivity index (χ1v) is 6.69. The fourth-order valence-corrected chi connectivity index (χ4v) is 1.74. The maximum Gasteiger partial charge on any atom is 0.306 e. The van der Waals surface area contributed by atoms with E-state index in [-0.39, 0.29) is 25.5 Å². The van der Waals surface area contributed by atoms with E-state index in [2.05, 4.69) is 5.32 Å². The number of para-hydroxylation sites is 1. The Hall–Kier alpha value is -2.08. The number of carbonyl (C=O) groups is 2. The second-order valence-corrected chi connectivity index (χ2v) is 5.21. The number of amides is 1. The molecule has 1 amide bonds. The predicted octanol–water partition coefficient (Wildman–Crippen LogP) is 1.11. The Bertz CT molecular complexity index is 499. The van der Waals surface area contributed by atoms with E-state index in [0.717, 1.165) is 11.3 Å². The maximum absolute atomic E-state index is 11.6. The molecule has 0 fully saturated rings. The molecule has 1 atom stereocenters. The van der Waals surface area contributed by atoms with Crippen molar-refractivity contribution in [2.45, 2.75) is 32.3 Å². The normalized spacial score (nSPS) is 13.3. The van der Waals surface area contributed by atoms with Crippen molar-refractivity contribution >= 4 is 11.9 Å². The lowest BCUT2D eigenvalue weighted by molar-refractivity contribution is -0.142. The predicted molar refractivity (Wildman–Crippen MR) is 77.2 cm³/mol. The number of hydrogen-bond acceptors (Lipinski definition) is 4. The van der Waals surface area contributed by atoms with Crippen LogP contribution in [0.15, 0.2) is 24.3 Å². The Labute approximate surface area is 123 Å². The van der Waals surface area contributed by atoms with Crippen LogP contribution < -0.4 is 10.1 Å². The summed E-state index contributed by atoms with van der Waals surface area (Å²) in [5.74, 6) is -0.686. The lowest BCUT2D eigenvalue weighted by atomic mass is 10.0. The molecule has 6 heteroatoms. The number of carbonyl (C=O) groups excluding carboxylic acids is 1. The van der Waals surface area contributed by atoms with E-state index >= 15 is 0 Å². The van der Waals surface area contributed by atoms with Gasteiger partial charge in [-0.1, -0.05) is 18.2 Å². The first-order chi connectivity index (χ1) is 9.80. The largest absolute Gasteiger partial charge is 0.493 e. The van der Waals surface area contributed by atoms with Crippen molar-refractivity contribution in [3.63, 3.8) is 0 Å². The van der Waals surface area contributed by atoms with Gasteiger partial charge in [0.25, 0.3) is 0 Å². The Morgan fingerprint density at radius 2 is 2.00 bits per heavy atom. The third kappa shape index (κ3) is 6.76. The highest BCUT2D eigenvalue weighted by Crippen LogP contribution is 2.16. The van der Waals surface area contributed by atoms with Crippen molar-refractivity contribution in [1.29, 1.82) is 0 Å². The Kier molecular flexibility index (Phi) is 6.17. The van der Waals surface area contributed by atoms with Crippen LogP contribution in [0.3, 0.4) is 0 Å². The second kappa shape index (κ2) is 7.64. The van der Waals surface area contributed by atoms with E-state index in [4.69, 9.17) is 9.84 Å². The van der Waals surface area contributed by atoms with Crippen LogP contribution in [0.25, 0.3) is 0 Å². The zero-order valence-electron chi connectivity index (χ0n) is 12.3. The quantitative estimate of drug-likeness (QED) is 0.667. The van der Waals surface area contributed by atoms with Gasteiger partial charge in [-0.05, 0) is 25.5 Å². The zero-order chi connectivity index (χ0) is 15.9. The average molecular weight is 295 g/mol. The third-order valence-electron chi connectivity index (χ3n) is 2.88. The molecule has 0 aliphatic rings. The molecule has 1 aromatic carbocycles. The number of benzene rings is 1. The molecule has 0 aromatic heterocycles. The first kappa shape index (κ1) is 17.0. The molecule has 6 nitrogen and oxygen atoms in total. The maximum atomic E-state index is 11.6. The molecule has 1 unspecified atom stereocenters. The summed E-state index contributed by atoms with van der Waals surface area (Å²) in [6.45, 7) is 3.39. The van der Waals surface area contributed by atoms with E-state index in [1.165, 1.54) is 6.92 Å². The summed E-state index contributed by atoms with van der Waals surface area (Å²) in [6, 6.07) is 7.49. The smallest absolute Gasteiger partial charge is 0.306 e. The summed E-state index contributed by atoms with van der Waals surface area (Å²) in [5.41, 5.74) is -0.472. The van der Waals surface area contributed by atoms with Crippen molar-refractivity contribution in [1.82, 2.24) is 5.32 Å². The van der Waals surface area contributed by atoms with E-state index in [1.807, 2.05) is 31.2 Å². The summed E-state index contributed by atoms with van der Waals surface area (Å²) in [6.07, 6.45) is -0.287. The molecule has 0 saturated heterocycles. The molecule has 1 aromatic rings. The van der Waals surface area contributed by atoms with Crippen molar-refractivity contribution in [3.05, 3.63) is 29.8 Å². The standard InChI is InChI=1S/C15H21NO5/c1-11-5-3-4-6-12(11)21-8-7-13(17)16-10-15(2,20)9-14(18)19/h3-6,20H,7-10H2,1-2H3,(H,16,17)(H,18,19). The van der Waals surface area contributed by atoms with Crippen LogP contribution in [-0.2, 0) is 9.59 Å². The van der Waals surface area contributed by atoms with Crippen LogP contribution in [0.4, 0.5) is 0 Å². The highest BCUT2D eigenvalue weighted by molar-refractivity contribution is 5.76. The lowest BCUT2D eigenvalue weighted by Crippen LogP contribution is -2.42. The van der Waals surface area contributed by atoms with Crippen LogP contribution >= 0.6 is 0 Å². The van der Waals surface area contributed by atoms with Gasteiger partial charge in [0.05, 0.1) is 25.0 Å². The second-order valence-electron chi connectivity index (χ2n) is 5.21. The number of aliphatic carboxylic acids is 1. The molecular formula is C15H21NO5. The summed E-state index contributed by atoms with van der Waals surface area (Å²) in [5, 5.41) is 20.9. The molecule has 0 heterocycles. The Morgan fingerprint density at radius 1 is 1.33 bits per heavy atom. The summed E-state index contributed by atoms with van der Waals surface area (Å²) < 4.78 is 5.49. The van der Waals surface area contributed by atoms with Gasteiger partial charge in [-0.25, -0.2) is 0 Å². The summed E-state index contributed by atoms with van der Waals surface area (Å²) in [7, 11) is 0. The molecule has 1 rings (SSSR count). The van der Waals surface area contributed by atoms with Crippen LogP contribution in [0, 0.1) is 6.92 Å². The van der Waals surface area contributed by atoms with E-state index in [9.17, 15) is 14.7 Å². The molecule has 21 heavy (non-hydrogen) atoms. The molecule has 0 radical (unpaired) electrons. The van der Waals surface area contributed by atoms with E-state index in [1.54, 1.807) is 0 Å². The minimum atomic E-state index is -1.46. The molecule has 0 aliphatic heterocycles. The molecule has 0 spiro atoms. The summed E-state index contributed by atoms with van der Waals surface area (Å²) in [4.78, 5) is 22.1. The van der Waals surface area contributed by atoms with E-state index < -0.39 is 18.0 Å². The van der Waals surface area contributed by atoms with Gasteiger partial charge in [-0.2, -0.15) is 0 Å². The molecule has 0 saturated carbocycles. The number of carboxylic acids is 1. The number of rotatable bonds is 8. The average Bonchev–Trinajstić information content (AvgIpc) is 2.37. The van der Waals surface area contributed by atoms with Crippen LogP contribution in [0.5, 0.6) is 5.75 Å². The highest BCUT2D eigenvalue weighted by Gasteiger charge is 2.24. The first-order valence-electron chi connectivity index (χ1n) is 6.69. The van der Waals surface area contributed by atoms with Gasteiger partial charge in [0.1, 0.15) is 5.75 Å². The van der Waals surface area contributed by atoms with Crippen LogP contribution in [0.1, 0.15) is 25.3 Å². The van der Waals surface area contributed by atoms with Gasteiger partial charge >= 0.3 is 5.97 Å². The minimum absolute atomic E-state index is 0.109. The van der Waals surface area contributed by atoms with Crippen molar-refractivity contribution in [2.24, 2.45) is 0 Å². The SMILES string of the molecule is Cc1ccccc1OCCC(=O)NCC(C)(O)CC(=O)O. The Morgan fingerprint density at radius 3 is 2.62 bits per heavy atom. The van der Waals surface area contributed by atoms with Crippen molar-refractivity contribution in [2.75, 3.05) is 13.2 Å².